The summed E-state index contributed by atoms with van der Waals surface area (Å²) in [5.41, 5.74) is 0. The van der Waals surface area contributed by atoms with E-state index < -0.39 is 0 Å². The fraction of sp³-hybridized carbons (Fsp3) is 0.909. The van der Waals surface area contributed by atoms with Gasteiger partial charge in [-0.2, -0.15) is 0 Å². The first-order valence-corrected chi connectivity index (χ1v) is 6.86. The second-order valence-corrected chi connectivity index (χ2v) is 5.75. The maximum Gasteiger partial charge on any atom is 0.156 e. The van der Waals surface area contributed by atoms with E-state index in [0.717, 1.165) is 12.5 Å². The van der Waals surface area contributed by atoms with Crippen LogP contribution in [0.3, 0.4) is 0 Å². The number of amidine groups is 1. The molecule has 0 aromatic rings. The van der Waals surface area contributed by atoms with Crippen LogP contribution in [0.15, 0.2) is 4.99 Å². The second-order valence-electron chi connectivity index (χ2n) is 4.67. The van der Waals surface area contributed by atoms with Crippen LogP contribution in [0.2, 0.25) is 0 Å². The van der Waals surface area contributed by atoms with Crippen LogP contribution >= 0.6 is 11.8 Å². The third-order valence-corrected chi connectivity index (χ3v) is 4.23. The lowest BCUT2D eigenvalue weighted by atomic mass is 9.94. The Bertz CT molecular complexity index is 242. The van der Waals surface area contributed by atoms with E-state index in [-0.39, 0.29) is 0 Å². The van der Waals surface area contributed by atoms with Crippen molar-refractivity contribution in [1.29, 1.82) is 0 Å². The van der Waals surface area contributed by atoms with Gasteiger partial charge in [0.2, 0.25) is 0 Å². The topological polar surface area (TPSA) is 27.6 Å². The molecule has 1 fully saturated rings. The summed E-state index contributed by atoms with van der Waals surface area (Å²) in [5, 5.41) is 4.80. The van der Waals surface area contributed by atoms with Crippen molar-refractivity contribution in [2.75, 3.05) is 32.4 Å². The van der Waals surface area contributed by atoms with Gasteiger partial charge in [0.05, 0.1) is 0 Å². The van der Waals surface area contributed by atoms with Crippen molar-refractivity contribution in [1.82, 2.24) is 10.2 Å². The molecule has 4 heteroatoms. The summed E-state index contributed by atoms with van der Waals surface area (Å²) in [6.45, 7) is 5.76. The minimum absolute atomic E-state index is 0.630. The Kier molecular flexibility index (Phi) is 3.92. The molecular weight excluding hydrogens is 206 g/mol. The molecule has 2 aliphatic heterocycles. The van der Waals surface area contributed by atoms with Gasteiger partial charge in [0, 0.05) is 24.9 Å². The molecule has 2 unspecified atom stereocenters. The number of aliphatic imine (C=N–C) groups is 1. The van der Waals surface area contributed by atoms with Crippen molar-refractivity contribution < 1.29 is 0 Å². The number of hydrogen-bond acceptors (Lipinski definition) is 4. The Balaban J connectivity index is 1.85. The van der Waals surface area contributed by atoms with Gasteiger partial charge in [-0.25, -0.2) is 0 Å². The normalized spacial score (nSPS) is 33.6. The van der Waals surface area contributed by atoms with Crippen LogP contribution < -0.4 is 5.32 Å². The zero-order chi connectivity index (χ0) is 10.7. The minimum atomic E-state index is 0.630. The van der Waals surface area contributed by atoms with E-state index in [2.05, 4.69) is 29.2 Å². The van der Waals surface area contributed by atoms with E-state index in [4.69, 9.17) is 0 Å². The number of likely N-dealkylation sites (tertiary alicyclic amines) is 1. The highest BCUT2D eigenvalue weighted by Gasteiger charge is 2.25. The molecule has 0 aliphatic carbocycles. The molecule has 0 aromatic heterocycles. The summed E-state index contributed by atoms with van der Waals surface area (Å²) >= 11 is 1.88. The Morgan fingerprint density at radius 2 is 2.40 bits per heavy atom. The molecule has 2 atom stereocenters. The SMILES string of the molecule is CC1CN(C)CCC1NC1=NCCCS1. The first kappa shape index (κ1) is 11.3. The van der Waals surface area contributed by atoms with Gasteiger partial charge in [-0.15, -0.1) is 0 Å². The standard InChI is InChI=1S/C11H21N3S/c1-9-8-14(2)6-4-10(9)13-11-12-5-3-7-15-11/h9-10H,3-8H2,1-2H3,(H,12,13). The molecule has 3 nitrogen and oxygen atoms in total. The van der Waals surface area contributed by atoms with Crippen molar-refractivity contribution in [2.45, 2.75) is 25.8 Å². The smallest absolute Gasteiger partial charge is 0.156 e. The Hall–Kier alpha value is -0.220. The molecule has 0 radical (unpaired) electrons. The lowest BCUT2D eigenvalue weighted by Gasteiger charge is -2.36. The zero-order valence-electron chi connectivity index (χ0n) is 9.70. The van der Waals surface area contributed by atoms with E-state index in [1.807, 2.05) is 11.8 Å². The van der Waals surface area contributed by atoms with E-state index >= 15 is 0 Å². The van der Waals surface area contributed by atoms with Gasteiger partial charge in [-0.1, -0.05) is 18.7 Å². The van der Waals surface area contributed by atoms with Crippen LogP contribution in [0, 0.1) is 5.92 Å². The van der Waals surface area contributed by atoms with E-state index in [1.165, 1.54) is 36.9 Å². The van der Waals surface area contributed by atoms with Gasteiger partial charge in [0.25, 0.3) is 0 Å². The molecule has 0 saturated carbocycles. The van der Waals surface area contributed by atoms with Gasteiger partial charge in [0.15, 0.2) is 5.17 Å². The zero-order valence-corrected chi connectivity index (χ0v) is 10.5. The summed E-state index contributed by atoms with van der Waals surface area (Å²) in [5.74, 6) is 1.96. The first-order chi connectivity index (χ1) is 7.25. The van der Waals surface area contributed by atoms with Crippen molar-refractivity contribution in [3.63, 3.8) is 0 Å². The molecule has 0 bridgehead atoms. The van der Waals surface area contributed by atoms with Gasteiger partial charge in [-0.3, -0.25) is 4.99 Å². The quantitative estimate of drug-likeness (QED) is 0.734. The average molecular weight is 227 g/mol. The predicted molar refractivity (Wildman–Crippen MR) is 67.6 cm³/mol. The third-order valence-electron chi connectivity index (χ3n) is 3.21. The van der Waals surface area contributed by atoms with E-state index in [1.54, 1.807) is 0 Å². The highest BCUT2D eigenvalue weighted by atomic mass is 32.2. The van der Waals surface area contributed by atoms with Crippen molar-refractivity contribution >= 4 is 16.9 Å². The monoisotopic (exact) mass is 227 g/mol. The molecule has 15 heavy (non-hydrogen) atoms. The summed E-state index contributed by atoms with van der Waals surface area (Å²) in [6.07, 6.45) is 2.48. The lowest BCUT2D eigenvalue weighted by Crippen LogP contribution is -2.48. The highest BCUT2D eigenvalue weighted by Crippen LogP contribution is 2.18. The summed E-state index contributed by atoms with van der Waals surface area (Å²) < 4.78 is 0. The molecule has 2 rings (SSSR count). The van der Waals surface area contributed by atoms with Crippen LogP contribution in [-0.2, 0) is 0 Å². The summed E-state index contributed by atoms with van der Waals surface area (Å²) in [7, 11) is 2.21. The molecule has 1 N–H and O–H groups in total. The van der Waals surface area contributed by atoms with Crippen LogP contribution in [0.25, 0.3) is 0 Å². The fourth-order valence-corrected chi connectivity index (χ4v) is 3.16. The van der Waals surface area contributed by atoms with Crippen LogP contribution in [0.4, 0.5) is 0 Å². The Morgan fingerprint density at radius 1 is 1.53 bits per heavy atom. The lowest BCUT2D eigenvalue weighted by molar-refractivity contribution is 0.187. The fourth-order valence-electron chi connectivity index (χ4n) is 2.27. The van der Waals surface area contributed by atoms with Gasteiger partial charge < -0.3 is 10.2 Å². The maximum atomic E-state index is 4.53. The number of rotatable bonds is 1. The first-order valence-electron chi connectivity index (χ1n) is 5.88. The molecule has 2 heterocycles. The number of thioether (sulfide) groups is 1. The van der Waals surface area contributed by atoms with Crippen molar-refractivity contribution in [2.24, 2.45) is 10.9 Å². The Morgan fingerprint density at radius 3 is 3.07 bits per heavy atom. The number of nitrogens with one attached hydrogen (secondary N) is 1. The highest BCUT2D eigenvalue weighted by molar-refractivity contribution is 8.13. The predicted octanol–water partition coefficient (Wildman–Crippen LogP) is 1.41. The van der Waals surface area contributed by atoms with Crippen molar-refractivity contribution in [3.05, 3.63) is 0 Å². The van der Waals surface area contributed by atoms with Crippen molar-refractivity contribution in [3.8, 4) is 0 Å². The van der Waals surface area contributed by atoms with Crippen LogP contribution in [0.5, 0.6) is 0 Å². The summed E-state index contributed by atoms with van der Waals surface area (Å²) in [4.78, 5) is 6.95. The molecule has 86 valence electrons. The van der Waals surface area contributed by atoms with Crippen LogP contribution in [0.1, 0.15) is 19.8 Å². The number of hydrogen-bond donors (Lipinski definition) is 1. The molecule has 0 aromatic carbocycles. The van der Waals surface area contributed by atoms with E-state index in [0.29, 0.717) is 6.04 Å². The Labute approximate surface area is 96.7 Å². The third kappa shape index (κ3) is 3.11. The largest absolute Gasteiger partial charge is 0.362 e. The van der Waals surface area contributed by atoms with Crippen LogP contribution in [-0.4, -0.2) is 48.5 Å². The molecule has 0 amide bonds. The van der Waals surface area contributed by atoms with Gasteiger partial charge in [0.1, 0.15) is 0 Å². The molecule has 0 spiro atoms. The number of piperidine rings is 1. The molecule has 2 aliphatic rings. The molecule has 1 saturated heterocycles. The van der Waals surface area contributed by atoms with Gasteiger partial charge in [-0.05, 0) is 32.4 Å². The number of nitrogens with zero attached hydrogens (tertiary/aromatic N) is 2. The second kappa shape index (κ2) is 5.21. The average Bonchev–Trinajstić information content (AvgIpc) is 2.24. The maximum absolute atomic E-state index is 4.53. The summed E-state index contributed by atoms with van der Waals surface area (Å²) in [6, 6.07) is 0.630. The molecular formula is C11H21N3S. The van der Waals surface area contributed by atoms with E-state index in [9.17, 15) is 0 Å². The minimum Gasteiger partial charge on any atom is -0.362 e. The van der Waals surface area contributed by atoms with Gasteiger partial charge >= 0.3 is 0 Å².